The number of carbonyl (C=O) groups excluding carboxylic acids is 1. The number of carbonyl (C=O) groups is 1. The van der Waals surface area contributed by atoms with Crippen LogP contribution in [0.25, 0.3) is 11.0 Å². The maximum atomic E-state index is 13.8. The summed E-state index contributed by atoms with van der Waals surface area (Å²) in [5.41, 5.74) is 1.90. The molecule has 1 aliphatic carbocycles. The Morgan fingerprint density at radius 2 is 1.66 bits per heavy atom. The summed E-state index contributed by atoms with van der Waals surface area (Å²) in [6.07, 6.45) is 3.85. The number of imidazole rings is 1. The normalized spacial score (nSPS) is 17.0. The summed E-state index contributed by atoms with van der Waals surface area (Å²) in [7, 11) is -3.35. The van der Waals surface area contributed by atoms with Crippen molar-refractivity contribution in [1.82, 2.24) is 15.3 Å². The lowest BCUT2D eigenvalue weighted by Crippen LogP contribution is -2.33. The van der Waals surface area contributed by atoms with E-state index in [1.165, 1.54) is 18.2 Å². The van der Waals surface area contributed by atoms with Crippen LogP contribution in [0.5, 0.6) is 0 Å². The van der Waals surface area contributed by atoms with Crippen LogP contribution in [0.3, 0.4) is 0 Å². The lowest BCUT2D eigenvalue weighted by Gasteiger charge is -2.27. The van der Waals surface area contributed by atoms with Gasteiger partial charge in [0.2, 0.25) is 15.9 Å². The van der Waals surface area contributed by atoms with Crippen LogP contribution in [0.2, 0.25) is 0 Å². The van der Waals surface area contributed by atoms with E-state index in [9.17, 15) is 22.0 Å². The highest BCUT2D eigenvalue weighted by molar-refractivity contribution is 7.92. The Bertz CT molecular complexity index is 1270. The van der Waals surface area contributed by atoms with Crippen LogP contribution in [0.1, 0.15) is 71.7 Å². The number of nitrogens with one attached hydrogen (secondary N) is 3. The van der Waals surface area contributed by atoms with E-state index in [-0.39, 0.29) is 29.7 Å². The summed E-state index contributed by atoms with van der Waals surface area (Å²) in [5, 5.41) is 2.67. The highest BCUT2D eigenvalue weighted by Gasteiger charge is 2.27. The molecule has 4 rings (SSSR count). The van der Waals surface area contributed by atoms with Gasteiger partial charge in [0, 0.05) is 24.4 Å². The second-order valence-electron chi connectivity index (χ2n) is 8.76. The lowest BCUT2D eigenvalue weighted by molar-refractivity contribution is -0.126. The number of halogens is 2. The van der Waals surface area contributed by atoms with Crippen molar-refractivity contribution in [3.8, 4) is 0 Å². The lowest BCUT2D eigenvalue weighted by atomic mass is 9.80. The Kier molecular flexibility index (Phi) is 12.2. The average molecular weight is 551 g/mol. The number of hydrogen-bond donors (Lipinski definition) is 3. The van der Waals surface area contributed by atoms with Crippen molar-refractivity contribution in [1.29, 1.82) is 0 Å². The Morgan fingerprint density at radius 3 is 2.26 bits per heavy atom. The molecule has 7 nitrogen and oxygen atoms in total. The first-order chi connectivity index (χ1) is 18.2. The number of nitrogens with zero attached hydrogens (tertiary/aromatic N) is 1. The molecule has 3 N–H and O–H groups in total. The highest BCUT2D eigenvalue weighted by Crippen LogP contribution is 2.31. The van der Waals surface area contributed by atoms with Crippen molar-refractivity contribution < 1.29 is 22.0 Å². The maximum Gasteiger partial charge on any atom is 0.232 e. The number of benzene rings is 2. The monoisotopic (exact) mass is 550 g/mol. The van der Waals surface area contributed by atoms with E-state index in [1.807, 2.05) is 27.7 Å². The van der Waals surface area contributed by atoms with Crippen molar-refractivity contribution in [2.45, 2.75) is 73.3 Å². The molecule has 1 aromatic heterocycles. The molecular formula is C28H40F2N4O3S. The van der Waals surface area contributed by atoms with Gasteiger partial charge in [0.25, 0.3) is 0 Å². The van der Waals surface area contributed by atoms with Crippen molar-refractivity contribution in [3.05, 3.63) is 59.4 Å². The summed E-state index contributed by atoms with van der Waals surface area (Å²) in [6.45, 7) is 9.42. The fourth-order valence-corrected chi connectivity index (χ4v) is 5.03. The van der Waals surface area contributed by atoms with Gasteiger partial charge in [-0.15, -0.1) is 0 Å². The molecule has 0 bridgehead atoms. The highest BCUT2D eigenvalue weighted by atomic mass is 32.2. The molecule has 0 spiro atoms. The Hall–Kier alpha value is -3.01. The molecule has 0 unspecified atom stereocenters. The van der Waals surface area contributed by atoms with Gasteiger partial charge in [0.05, 0.1) is 22.5 Å². The first kappa shape index (κ1) is 31.2. The fourth-order valence-electron chi connectivity index (χ4n) is 4.40. The van der Waals surface area contributed by atoms with Gasteiger partial charge in [-0.25, -0.2) is 22.2 Å². The summed E-state index contributed by atoms with van der Waals surface area (Å²) in [4.78, 5) is 20.4. The minimum atomic E-state index is -3.35. The number of rotatable bonds is 8. The van der Waals surface area contributed by atoms with Crippen molar-refractivity contribution in [2.75, 3.05) is 10.5 Å². The largest absolute Gasteiger partial charge is 0.352 e. The minimum absolute atomic E-state index is 0.00000942. The zero-order valence-corrected chi connectivity index (χ0v) is 23.7. The zero-order valence-electron chi connectivity index (χ0n) is 22.9. The van der Waals surface area contributed by atoms with Gasteiger partial charge in [-0.05, 0) is 68.9 Å². The first-order valence-electron chi connectivity index (χ1n) is 13.4. The number of aromatic amines is 1. The van der Waals surface area contributed by atoms with E-state index in [0.29, 0.717) is 24.4 Å². The number of hydrogen-bond acceptors (Lipinski definition) is 4. The van der Waals surface area contributed by atoms with Crippen molar-refractivity contribution >= 4 is 32.7 Å². The van der Waals surface area contributed by atoms with Gasteiger partial charge in [-0.2, -0.15) is 0 Å². The smallest absolute Gasteiger partial charge is 0.232 e. The van der Waals surface area contributed by atoms with E-state index >= 15 is 0 Å². The topological polar surface area (TPSA) is 104 Å². The third-order valence-corrected chi connectivity index (χ3v) is 7.69. The van der Waals surface area contributed by atoms with Gasteiger partial charge in [0.1, 0.15) is 17.5 Å². The van der Waals surface area contributed by atoms with Gasteiger partial charge < -0.3 is 10.3 Å². The Labute approximate surface area is 224 Å². The second-order valence-corrected chi connectivity index (χ2v) is 10.8. The molecule has 1 heterocycles. The van der Waals surface area contributed by atoms with Gasteiger partial charge in [-0.1, -0.05) is 33.8 Å². The van der Waals surface area contributed by atoms with Gasteiger partial charge in [0.15, 0.2) is 0 Å². The van der Waals surface area contributed by atoms with Crippen LogP contribution in [0.4, 0.5) is 14.5 Å². The van der Waals surface area contributed by atoms with E-state index in [1.54, 1.807) is 25.1 Å². The van der Waals surface area contributed by atoms with Crippen LogP contribution < -0.4 is 10.0 Å². The summed E-state index contributed by atoms with van der Waals surface area (Å²) in [5.74, 6) is -0.475. The third-order valence-electron chi connectivity index (χ3n) is 6.38. The molecule has 0 aliphatic heterocycles. The predicted octanol–water partition coefficient (Wildman–Crippen LogP) is 6.32. The third kappa shape index (κ3) is 8.51. The van der Waals surface area contributed by atoms with Crippen LogP contribution in [-0.2, 0) is 27.8 Å². The second kappa shape index (κ2) is 14.8. The number of aromatic nitrogens is 2. The van der Waals surface area contributed by atoms with E-state index < -0.39 is 21.7 Å². The fraction of sp³-hybridized carbons (Fsp3) is 0.500. The molecule has 38 heavy (non-hydrogen) atoms. The van der Waals surface area contributed by atoms with Crippen molar-refractivity contribution in [3.63, 3.8) is 0 Å². The van der Waals surface area contributed by atoms with E-state index in [2.05, 4.69) is 20.0 Å². The molecule has 0 saturated heterocycles. The van der Waals surface area contributed by atoms with E-state index in [4.69, 9.17) is 0 Å². The number of amides is 1. The molecule has 1 fully saturated rings. The number of sulfonamides is 1. The first-order valence-corrected chi connectivity index (χ1v) is 15.1. The molecule has 2 aromatic carbocycles. The Balaban J connectivity index is 0.00000121. The molecular weight excluding hydrogens is 510 g/mol. The zero-order chi connectivity index (χ0) is 28.3. The van der Waals surface area contributed by atoms with Gasteiger partial charge >= 0.3 is 0 Å². The summed E-state index contributed by atoms with van der Waals surface area (Å²) >= 11 is 0. The van der Waals surface area contributed by atoms with Gasteiger partial charge in [-0.3, -0.25) is 9.52 Å². The molecule has 1 saturated carbocycles. The van der Waals surface area contributed by atoms with E-state index in [0.717, 1.165) is 36.1 Å². The standard InChI is InChI=1S/C24H28F2N4O3S.2C2H6/c1-2-34(32,33)30-17-10-11-21-22(13-17)29-23(28-21)12-15-6-8-16(9-7-15)24(31)27-14-18-19(25)4-3-5-20(18)26;2*1-2/h3-5,10-11,13,15-16,30H,2,6-9,12,14H2,1H3,(H,27,31)(H,28,29);2*1-2H3. The van der Waals surface area contributed by atoms with Crippen LogP contribution in [-0.4, -0.2) is 30.0 Å². The molecule has 3 aromatic rings. The summed E-state index contributed by atoms with van der Waals surface area (Å²) in [6, 6.07) is 8.86. The number of fused-ring (bicyclic) bond motifs is 1. The minimum Gasteiger partial charge on any atom is -0.352 e. The molecule has 1 aliphatic rings. The average Bonchev–Trinajstić information content (AvgIpc) is 3.32. The van der Waals surface area contributed by atoms with Crippen LogP contribution in [0.15, 0.2) is 36.4 Å². The van der Waals surface area contributed by atoms with Crippen LogP contribution >= 0.6 is 0 Å². The Morgan fingerprint density at radius 1 is 1.03 bits per heavy atom. The molecule has 210 valence electrons. The number of anilines is 1. The maximum absolute atomic E-state index is 13.8. The molecule has 0 atom stereocenters. The SMILES string of the molecule is CC.CC.CCS(=O)(=O)Nc1ccc2nc(CC3CCC(C(=O)NCc4c(F)cccc4F)CC3)[nH]c2c1. The predicted molar refractivity (Wildman–Crippen MR) is 149 cm³/mol. The molecule has 10 heteroatoms. The number of H-pyrrole nitrogens is 1. The van der Waals surface area contributed by atoms with Crippen molar-refractivity contribution in [2.24, 2.45) is 11.8 Å². The molecule has 1 amide bonds. The van der Waals surface area contributed by atoms with Crippen LogP contribution in [0, 0.1) is 23.5 Å². The quantitative estimate of drug-likeness (QED) is 0.305. The summed E-state index contributed by atoms with van der Waals surface area (Å²) < 4.78 is 53.6. The molecule has 0 radical (unpaired) electrons.